The largest absolute Gasteiger partial charge is 0.489 e. The number of rotatable bonds is 4. The van der Waals surface area contributed by atoms with Crippen molar-refractivity contribution in [2.75, 3.05) is 12.4 Å². The molecule has 0 amide bonds. The fourth-order valence-corrected chi connectivity index (χ4v) is 1.59. The van der Waals surface area contributed by atoms with Gasteiger partial charge in [-0.2, -0.15) is 13.2 Å². The van der Waals surface area contributed by atoms with Gasteiger partial charge in [0.15, 0.2) is 0 Å². The van der Waals surface area contributed by atoms with Crippen LogP contribution >= 0.6 is 0 Å². The van der Waals surface area contributed by atoms with E-state index in [-0.39, 0.29) is 12.4 Å². The number of hydrogen-bond donors (Lipinski definition) is 1. The van der Waals surface area contributed by atoms with E-state index in [1.807, 2.05) is 0 Å². The average Bonchev–Trinajstić information content (AvgIpc) is 2.45. The number of pyridine rings is 1. The van der Waals surface area contributed by atoms with E-state index in [1.165, 1.54) is 12.1 Å². The molecular weight excluding hydrogens is 269 g/mol. The first-order chi connectivity index (χ1) is 9.49. The lowest BCUT2D eigenvalue weighted by molar-refractivity contribution is -0.137. The first-order valence-electron chi connectivity index (χ1n) is 5.92. The smallest absolute Gasteiger partial charge is 0.416 e. The van der Waals surface area contributed by atoms with Crippen molar-refractivity contribution in [3.63, 3.8) is 0 Å². The van der Waals surface area contributed by atoms with Gasteiger partial charge in [-0.05, 0) is 24.3 Å². The van der Waals surface area contributed by atoms with Crippen molar-refractivity contribution in [3.05, 3.63) is 53.7 Å². The summed E-state index contributed by atoms with van der Waals surface area (Å²) in [5, 5.41) is 2.88. The third kappa shape index (κ3) is 3.63. The Kier molecular flexibility index (Phi) is 4.12. The number of halogens is 3. The number of hydrogen-bond acceptors (Lipinski definition) is 3. The highest BCUT2D eigenvalue weighted by Gasteiger charge is 2.30. The zero-order valence-electron chi connectivity index (χ0n) is 10.7. The van der Waals surface area contributed by atoms with Crippen molar-refractivity contribution in [2.45, 2.75) is 12.8 Å². The summed E-state index contributed by atoms with van der Waals surface area (Å²) in [7, 11) is 1.75. The summed E-state index contributed by atoms with van der Waals surface area (Å²) in [6, 6.07) is 8.37. The van der Waals surface area contributed by atoms with Crippen molar-refractivity contribution in [2.24, 2.45) is 0 Å². The lowest BCUT2D eigenvalue weighted by Crippen LogP contribution is -2.05. The van der Waals surface area contributed by atoms with Gasteiger partial charge >= 0.3 is 6.18 Å². The quantitative estimate of drug-likeness (QED) is 0.928. The van der Waals surface area contributed by atoms with Gasteiger partial charge in [-0.25, -0.2) is 4.98 Å². The number of alkyl halides is 3. The third-order valence-corrected chi connectivity index (χ3v) is 2.65. The molecule has 1 heterocycles. The molecule has 0 atom stereocenters. The maximum atomic E-state index is 12.5. The van der Waals surface area contributed by atoms with E-state index in [9.17, 15) is 13.2 Å². The number of benzene rings is 1. The van der Waals surface area contributed by atoms with Gasteiger partial charge in [-0.15, -0.1) is 0 Å². The summed E-state index contributed by atoms with van der Waals surface area (Å²) in [4.78, 5) is 4.10. The van der Waals surface area contributed by atoms with Crippen molar-refractivity contribution in [1.82, 2.24) is 4.98 Å². The second kappa shape index (κ2) is 5.81. The number of anilines is 1. The monoisotopic (exact) mass is 282 g/mol. The van der Waals surface area contributed by atoms with Gasteiger partial charge in [0.1, 0.15) is 18.2 Å². The number of ether oxygens (including phenoxy) is 1. The molecule has 0 aliphatic rings. The maximum Gasteiger partial charge on any atom is 0.416 e. The second-order valence-corrected chi connectivity index (χ2v) is 4.12. The van der Waals surface area contributed by atoms with Gasteiger partial charge < -0.3 is 10.1 Å². The van der Waals surface area contributed by atoms with Gasteiger partial charge in [0.05, 0.1) is 5.56 Å². The molecule has 1 N–H and O–H groups in total. The van der Waals surface area contributed by atoms with Gasteiger partial charge in [0.2, 0.25) is 0 Å². The van der Waals surface area contributed by atoms with Crippen molar-refractivity contribution >= 4 is 5.82 Å². The summed E-state index contributed by atoms with van der Waals surface area (Å²) >= 11 is 0. The van der Waals surface area contributed by atoms with Crippen LogP contribution in [0.25, 0.3) is 0 Å². The molecule has 0 saturated heterocycles. The Morgan fingerprint density at radius 1 is 1.20 bits per heavy atom. The maximum absolute atomic E-state index is 12.5. The minimum absolute atomic E-state index is 0.165. The van der Waals surface area contributed by atoms with E-state index in [0.29, 0.717) is 5.82 Å². The topological polar surface area (TPSA) is 34.1 Å². The SMILES string of the molecule is CNc1ccc(COc2cccc(C(F)(F)F)c2)cn1. The number of nitrogens with zero attached hydrogens (tertiary/aromatic N) is 1. The minimum Gasteiger partial charge on any atom is -0.489 e. The molecule has 0 fully saturated rings. The van der Waals surface area contributed by atoms with Gasteiger partial charge in [0.25, 0.3) is 0 Å². The van der Waals surface area contributed by atoms with E-state index < -0.39 is 11.7 Å². The fourth-order valence-electron chi connectivity index (χ4n) is 1.59. The molecule has 0 saturated carbocycles. The van der Waals surface area contributed by atoms with E-state index in [4.69, 9.17) is 4.74 Å². The Balaban J connectivity index is 2.03. The standard InChI is InChI=1S/C14H13F3N2O/c1-18-13-6-5-10(8-19-13)9-20-12-4-2-3-11(7-12)14(15,16)17/h2-8H,9H2,1H3,(H,18,19). The molecule has 0 bridgehead atoms. The predicted molar refractivity (Wildman–Crippen MR) is 69.6 cm³/mol. The van der Waals surface area contributed by atoms with Crippen molar-refractivity contribution in [1.29, 1.82) is 0 Å². The molecular formula is C14H13F3N2O. The van der Waals surface area contributed by atoms with Crippen LogP contribution in [0.4, 0.5) is 19.0 Å². The van der Waals surface area contributed by atoms with E-state index in [2.05, 4.69) is 10.3 Å². The second-order valence-electron chi connectivity index (χ2n) is 4.12. The van der Waals surface area contributed by atoms with Crippen LogP contribution in [0.2, 0.25) is 0 Å². The van der Waals surface area contributed by atoms with Crippen LogP contribution in [-0.4, -0.2) is 12.0 Å². The van der Waals surface area contributed by atoms with Crippen LogP contribution in [-0.2, 0) is 12.8 Å². The first-order valence-corrected chi connectivity index (χ1v) is 5.92. The molecule has 2 aromatic rings. The van der Waals surface area contributed by atoms with Crippen LogP contribution in [0.15, 0.2) is 42.6 Å². The van der Waals surface area contributed by atoms with Gasteiger partial charge in [-0.1, -0.05) is 12.1 Å². The Hall–Kier alpha value is -2.24. The Morgan fingerprint density at radius 3 is 2.60 bits per heavy atom. The van der Waals surface area contributed by atoms with Crippen LogP contribution in [0.5, 0.6) is 5.75 Å². The Labute approximate surface area is 114 Å². The third-order valence-electron chi connectivity index (χ3n) is 2.65. The molecule has 1 aromatic heterocycles. The lowest BCUT2D eigenvalue weighted by Gasteiger charge is -2.10. The number of aromatic nitrogens is 1. The molecule has 0 aliphatic heterocycles. The van der Waals surface area contributed by atoms with Gasteiger partial charge in [0, 0.05) is 18.8 Å². The summed E-state index contributed by atoms with van der Waals surface area (Å²) < 4.78 is 43.0. The van der Waals surface area contributed by atoms with Crippen LogP contribution < -0.4 is 10.1 Å². The molecule has 0 aliphatic carbocycles. The van der Waals surface area contributed by atoms with E-state index in [0.717, 1.165) is 17.7 Å². The first kappa shape index (κ1) is 14.2. The van der Waals surface area contributed by atoms with Crippen LogP contribution in [0, 0.1) is 0 Å². The molecule has 0 radical (unpaired) electrons. The van der Waals surface area contributed by atoms with Crippen LogP contribution in [0.3, 0.4) is 0 Å². The molecule has 0 spiro atoms. The highest BCUT2D eigenvalue weighted by molar-refractivity contribution is 5.35. The highest BCUT2D eigenvalue weighted by atomic mass is 19.4. The molecule has 2 rings (SSSR count). The summed E-state index contributed by atoms with van der Waals surface area (Å²) in [6.45, 7) is 0.165. The molecule has 6 heteroatoms. The highest BCUT2D eigenvalue weighted by Crippen LogP contribution is 2.31. The summed E-state index contributed by atoms with van der Waals surface area (Å²) in [5.41, 5.74) is 0.0556. The number of nitrogens with one attached hydrogen (secondary N) is 1. The van der Waals surface area contributed by atoms with Gasteiger partial charge in [-0.3, -0.25) is 0 Å². The zero-order valence-corrected chi connectivity index (χ0v) is 10.7. The normalized spacial score (nSPS) is 11.2. The van der Waals surface area contributed by atoms with E-state index >= 15 is 0 Å². The Morgan fingerprint density at radius 2 is 2.00 bits per heavy atom. The van der Waals surface area contributed by atoms with Crippen molar-refractivity contribution in [3.8, 4) is 5.75 Å². The fraction of sp³-hybridized carbons (Fsp3) is 0.214. The molecule has 106 valence electrons. The van der Waals surface area contributed by atoms with E-state index in [1.54, 1.807) is 25.4 Å². The minimum atomic E-state index is -4.37. The summed E-state index contributed by atoms with van der Waals surface area (Å²) in [5.74, 6) is 0.894. The average molecular weight is 282 g/mol. The Bertz CT molecular complexity index is 567. The molecule has 3 nitrogen and oxygen atoms in total. The van der Waals surface area contributed by atoms with Crippen molar-refractivity contribution < 1.29 is 17.9 Å². The molecule has 20 heavy (non-hydrogen) atoms. The zero-order chi connectivity index (χ0) is 14.6. The van der Waals surface area contributed by atoms with Crippen LogP contribution in [0.1, 0.15) is 11.1 Å². The lowest BCUT2D eigenvalue weighted by atomic mass is 10.2. The molecule has 1 aromatic carbocycles. The predicted octanol–water partition coefficient (Wildman–Crippen LogP) is 3.72. The summed E-state index contributed by atoms with van der Waals surface area (Å²) in [6.07, 6.45) is -2.76. The molecule has 0 unspecified atom stereocenters.